The van der Waals surface area contributed by atoms with E-state index in [1.807, 2.05) is 0 Å². The summed E-state index contributed by atoms with van der Waals surface area (Å²) in [4.78, 5) is 0. The van der Waals surface area contributed by atoms with Gasteiger partial charge < -0.3 is 5.73 Å². The lowest BCUT2D eigenvalue weighted by Gasteiger charge is -2.11. The molecule has 0 amide bonds. The Morgan fingerprint density at radius 1 is 1.50 bits per heavy atom. The molecule has 0 saturated carbocycles. The summed E-state index contributed by atoms with van der Waals surface area (Å²) in [6.07, 6.45) is -0.259. The molecule has 6 N–H and O–H groups in total. The van der Waals surface area contributed by atoms with Gasteiger partial charge in [0, 0.05) is 0 Å². The van der Waals surface area contributed by atoms with E-state index in [2.05, 4.69) is 0 Å². The molecule has 0 aromatic rings. The van der Waals surface area contributed by atoms with E-state index in [0.29, 0.717) is 0 Å². The molecule has 0 aromatic heterocycles. The quantitative estimate of drug-likeness (QED) is 0.204. The van der Waals surface area contributed by atoms with Crippen molar-refractivity contribution in [2.75, 3.05) is 0 Å². The maximum absolute atomic E-state index is 5.11. The zero-order chi connectivity index (χ0) is 5.15. The average Bonchev–Trinajstić information content (AvgIpc) is 1.36. The number of nitrogens with two attached hydrogens (primary N) is 3. The zero-order valence-corrected chi connectivity index (χ0v) is 3.76. The first-order chi connectivity index (χ1) is 2.64. The highest BCUT2D eigenvalue weighted by Crippen LogP contribution is 1.65. The number of hydrogen-bond acceptors (Lipinski definition) is 4. The fourth-order valence-corrected chi connectivity index (χ4v) is 0. The molecule has 0 heterocycles. The Balaban J connectivity index is 2.99. The zero-order valence-electron chi connectivity index (χ0n) is 3.76. The van der Waals surface area contributed by atoms with Crippen molar-refractivity contribution in [1.29, 1.82) is 0 Å². The normalized spacial score (nSPS) is 15.5. The molecular formula is C2H10N4. The van der Waals surface area contributed by atoms with Gasteiger partial charge in [0.25, 0.3) is 0 Å². The Hall–Kier alpha value is -0.160. The molecule has 6 heavy (non-hydrogen) atoms. The van der Waals surface area contributed by atoms with Gasteiger partial charge in [0.2, 0.25) is 0 Å². The van der Waals surface area contributed by atoms with Crippen LogP contribution >= 0.6 is 0 Å². The number of hydrogen-bond donors (Lipinski definition) is 3. The van der Waals surface area contributed by atoms with Crippen molar-refractivity contribution in [2.24, 2.45) is 17.4 Å². The van der Waals surface area contributed by atoms with E-state index in [1.54, 1.807) is 6.92 Å². The molecule has 0 saturated heterocycles. The first-order valence-corrected chi connectivity index (χ1v) is 1.69. The fourth-order valence-electron chi connectivity index (χ4n) is 0. The van der Waals surface area contributed by atoms with E-state index >= 15 is 0 Å². The summed E-state index contributed by atoms with van der Waals surface area (Å²) < 4.78 is 0. The lowest BCUT2D eigenvalue weighted by molar-refractivity contribution is 0.225. The van der Waals surface area contributed by atoms with Gasteiger partial charge in [0.1, 0.15) is 0 Å². The van der Waals surface area contributed by atoms with Crippen molar-refractivity contribution in [3.63, 3.8) is 0 Å². The molecule has 1 atom stereocenters. The van der Waals surface area contributed by atoms with E-state index in [0.717, 1.165) is 5.12 Å². The number of rotatable bonds is 1. The Kier molecular flexibility index (Phi) is 2.04. The van der Waals surface area contributed by atoms with E-state index in [1.165, 1.54) is 0 Å². The van der Waals surface area contributed by atoms with Crippen LogP contribution in [0.3, 0.4) is 0 Å². The molecule has 4 nitrogen and oxygen atoms in total. The average molecular weight is 90.1 g/mol. The number of nitrogens with zero attached hydrogens (tertiary/aromatic N) is 1. The third kappa shape index (κ3) is 2.10. The molecule has 0 radical (unpaired) electrons. The summed E-state index contributed by atoms with van der Waals surface area (Å²) in [6, 6.07) is 0. The molecule has 1 unspecified atom stereocenters. The predicted molar refractivity (Wildman–Crippen MR) is 23.9 cm³/mol. The van der Waals surface area contributed by atoms with Crippen LogP contribution < -0.4 is 17.4 Å². The van der Waals surface area contributed by atoms with Gasteiger partial charge in [-0.3, -0.25) is 11.7 Å². The predicted octanol–water partition coefficient (Wildman–Crippen LogP) is -1.66. The SMILES string of the molecule is CC(N)N(N)N. The van der Waals surface area contributed by atoms with Crippen molar-refractivity contribution < 1.29 is 0 Å². The Morgan fingerprint density at radius 2 is 1.67 bits per heavy atom. The smallest absolute Gasteiger partial charge is 0.0832 e. The second kappa shape index (κ2) is 2.09. The van der Waals surface area contributed by atoms with E-state index in [4.69, 9.17) is 17.4 Å². The van der Waals surface area contributed by atoms with E-state index in [-0.39, 0.29) is 6.17 Å². The molecule has 4 heteroatoms. The topological polar surface area (TPSA) is 81.3 Å². The molecule has 0 aliphatic heterocycles. The van der Waals surface area contributed by atoms with Crippen LogP contribution in [0.2, 0.25) is 0 Å². The number of hydrazine groups is 2. The third-order valence-corrected chi connectivity index (χ3v) is 0.470. The van der Waals surface area contributed by atoms with Gasteiger partial charge in [-0.15, -0.1) is 0 Å². The summed E-state index contributed by atoms with van der Waals surface area (Å²) in [5.74, 6) is 9.84. The molecule has 0 aliphatic rings. The van der Waals surface area contributed by atoms with Crippen molar-refractivity contribution in [1.82, 2.24) is 5.12 Å². The van der Waals surface area contributed by atoms with Crippen LogP contribution in [-0.2, 0) is 0 Å². The van der Waals surface area contributed by atoms with Crippen LogP contribution in [0.1, 0.15) is 6.92 Å². The Bertz CT molecular complexity index is 26.5. The molecule has 0 bridgehead atoms. The molecule has 0 aromatic carbocycles. The second-order valence-electron chi connectivity index (χ2n) is 1.19. The lowest BCUT2D eigenvalue weighted by Crippen LogP contribution is -2.49. The fraction of sp³-hybridized carbons (Fsp3) is 1.00. The van der Waals surface area contributed by atoms with Crippen molar-refractivity contribution in [3.05, 3.63) is 0 Å². The largest absolute Gasteiger partial charge is 0.314 e. The highest BCUT2D eigenvalue weighted by atomic mass is 15.6. The first kappa shape index (κ1) is 5.84. The summed E-state index contributed by atoms with van der Waals surface area (Å²) in [5.41, 5.74) is 5.11. The molecule has 38 valence electrons. The van der Waals surface area contributed by atoms with Crippen LogP contribution in [-0.4, -0.2) is 11.3 Å². The van der Waals surface area contributed by atoms with Crippen molar-refractivity contribution >= 4 is 0 Å². The van der Waals surface area contributed by atoms with Crippen LogP contribution in [0.15, 0.2) is 0 Å². The second-order valence-corrected chi connectivity index (χ2v) is 1.19. The van der Waals surface area contributed by atoms with Crippen molar-refractivity contribution in [3.8, 4) is 0 Å². The van der Waals surface area contributed by atoms with E-state index in [9.17, 15) is 0 Å². The van der Waals surface area contributed by atoms with Crippen LogP contribution in [0.4, 0.5) is 0 Å². The summed E-state index contributed by atoms with van der Waals surface area (Å²) in [7, 11) is 0. The molecule has 0 spiro atoms. The summed E-state index contributed by atoms with van der Waals surface area (Å²) >= 11 is 0. The standard InChI is InChI=1S/C2H10N4/c1-2(3)6(4)5/h2H,3-5H2,1H3. The molecule has 0 fully saturated rings. The highest BCUT2D eigenvalue weighted by Gasteiger charge is 1.91. The van der Waals surface area contributed by atoms with E-state index < -0.39 is 0 Å². The van der Waals surface area contributed by atoms with Gasteiger partial charge in [-0.1, -0.05) is 0 Å². The van der Waals surface area contributed by atoms with Gasteiger partial charge in [0.05, 0.1) is 6.17 Å². The van der Waals surface area contributed by atoms with Gasteiger partial charge in [-0.05, 0) is 6.92 Å². The van der Waals surface area contributed by atoms with Crippen molar-refractivity contribution in [2.45, 2.75) is 13.1 Å². The minimum absolute atomic E-state index is 0.259. The van der Waals surface area contributed by atoms with Gasteiger partial charge in [-0.25, -0.2) is 0 Å². The minimum atomic E-state index is -0.259. The van der Waals surface area contributed by atoms with Crippen LogP contribution in [0.25, 0.3) is 0 Å². The molecule has 0 rings (SSSR count). The highest BCUT2D eigenvalue weighted by molar-refractivity contribution is 4.37. The van der Waals surface area contributed by atoms with Gasteiger partial charge >= 0.3 is 0 Å². The van der Waals surface area contributed by atoms with Crippen LogP contribution in [0.5, 0.6) is 0 Å². The lowest BCUT2D eigenvalue weighted by atomic mass is 10.6. The monoisotopic (exact) mass is 90.1 g/mol. The summed E-state index contributed by atoms with van der Waals surface area (Å²) in [6.45, 7) is 1.69. The molecule has 0 aliphatic carbocycles. The Labute approximate surface area is 36.8 Å². The van der Waals surface area contributed by atoms with Crippen LogP contribution in [0, 0.1) is 0 Å². The van der Waals surface area contributed by atoms with Gasteiger partial charge in [0.15, 0.2) is 0 Å². The maximum Gasteiger partial charge on any atom is 0.0832 e. The van der Waals surface area contributed by atoms with Gasteiger partial charge in [-0.2, -0.15) is 5.12 Å². The first-order valence-electron chi connectivity index (χ1n) is 1.69. The minimum Gasteiger partial charge on any atom is -0.314 e. The summed E-state index contributed by atoms with van der Waals surface area (Å²) in [5, 5.41) is 0.944. The maximum atomic E-state index is 5.11. The Morgan fingerprint density at radius 3 is 1.67 bits per heavy atom. The third-order valence-electron chi connectivity index (χ3n) is 0.470. The molecular weight excluding hydrogens is 80.0 g/mol.